The smallest absolute Gasteiger partial charge is 0.257 e. The summed E-state index contributed by atoms with van der Waals surface area (Å²) >= 11 is 5.88. The second kappa shape index (κ2) is 8.90. The van der Waals surface area contributed by atoms with Gasteiger partial charge in [0.05, 0.1) is 0 Å². The number of nitrogens with zero attached hydrogens (tertiary/aromatic N) is 1. The molecule has 0 aliphatic rings. The van der Waals surface area contributed by atoms with Gasteiger partial charge in [-0.2, -0.15) is 0 Å². The summed E-state index contributed by atoms with van der Waals surface area (Å²) in [7, 11) is 0. The number of aryl methyl sites for hydroxylation is 1. The fourth-order valence-electron chi connectivity index (χ4n) is 2.09. The van der Waals surface area contributed by atoms with Crippen molar-refractivity contribution < 1.29 is 9.53 Å². The number of amides is 1. The molecule has 4 nitrogen and oxygen atoms in total. The SMILES string of the molecule is CCN(CCNC(=O)COc1ccc(Cl)cc1C)C(C)C. The van der Waals surface area contributed by atoms with Gasteiger partial charge in [0, 0.05) is 24.2 Å². The summed E-state index contributed by atoms with van der Waals surface area (Å²) in [6.07, 6.45) is 0. The number of carbonyl (C=O) groups excluding carboxylic acids is 1. The van der Waals surface area contributed by atoms with Crippen LogP contribution in [0.1, 0.15) is 26.3 Å². The van der Waals surface area contributed by atoms with Crippen molar-refractivity contribution in [2.45, 2.75) is 33.7 Å². The molecular weight excluding hydrogens is 288 g/mol. The fraction of sp³-hybridized carbons (Fsp3) is 0.562. The minimum absolute atomic E-state index is 0.0241. The molecule has 1 aromatic rings. The number of likely N-dealkylation sites (N-methyl/N-ethyl adjacent to an activating group) is 1. The van der Waals surface area contributed by atoms with Crippen LogP contribution in [0.5, 0.6) is 5.75 Å². The molecule has 1 aromatic carbocycles. The van der Waals surface area contributed by atoms with E-state index in [0.717, 1.165) is 18.7 Å². The van der Waals surface area contributed by atoms with Crippen molar-refractivity contribution in [3.63, 3.8) is 0 Å². The quantitative estimate of drug-likeness (QED) is 0.802. The highest BCUT2D eigenvalue weighted by Gasteiger charge is 2.08. The van der Waals surface area contributed by atoms with E-state index in [0.29, 0.717) is 23.4 Å². The lowest BCUT2D eigenvalue weighted by Crippen LogP contribution is -2.39. The minimum atomic E-state index is -0.107. The average molecular weight is 313 g/mol. The van der Waals surface area contributed by atoms with Gasteiger partial charge in [0.2, 0.25) is 0 Å². The van der Waals surface area contributed by atoms with E-state index >= 15 is 0 Å². The van der Waals surface area contributed by atoms with Crippen LogP contribution in [0.15, 0.2) is 18.2 Å². The Kier molecular flexibility index (Phi) is 7.54. The lowest BCUT2D eigenvalue weighted by molar-refractivity contribution is -0.123. The minimum Gasteiger partial charge on any atom is -0.484 e. The molecule has 0 radical (unpaired) electrons. The molecule has 21 heavy (non-hydrogen) atoms. The number of benzene rings is 1. The van der Waals surface area contributed by atoms with Crippen LogP contribution in [-0.2, 0) is 4.79 Å². The van der Waals surface area contributed by atoms with Crippen molar-refractivity contribution in [3.05, 3.63) is 28.8 Å². The number of hydrogen-bond acceptors (Lipinski definition) is 3. The van der Waals surface area contributed by atoms with E-state index < -0.39 is 0 Å². The first-order chi connectivity index (χ1) is 9.93. The predicted molar refractivity (Wildman–Crippen MR) is 87.1 cm³/mol. The number of nitrogens with one attached hydrogen (secondary N) is 1. The van der Waals surface area contributed by atoms with E-state index in [9.17, 15) is 4.79 Å². The van der Waals surface area contributed by atoms with Gasteiger partial charge in [-0.3, -0.25) is 9.69 Å². The van der Waals surface area contributed by atoms with Crippen molar-refractivity contribution in [3.8, 4) is 5.75 Å². The number of hydrogen-bond donors (Lipinski definition) is 1. The Morgan fingerprint density at radius 2 is 2.14 bits per heavy atom. The topological polar surface area (TPSA) is 41.6 Å². The molecule has 1 rings (SSSR count). The normalized spacial score (nSPS) is 11.0. The van der Waals surface area contributed by atoms with E-state index in [1.807, 2.05) is 13.0 Å². The van der Waals surface area contributed by atoms with Gasteiger partial charge in [-0.05, 0) is 51.1 Å². The van der Waals surface area contributed by atoms with Crippen molar-refractivity contribution in [1.82, 2.24) is 10.2 Å². The lowest BCUT2D eigenvalue weighted by atomic mass is 10.2. The van der Waals surface area contributed by atoms with Crippen LogP contribution in [0.25, 0.3) is 0 Å². The van der Waals surface area contributed by atoms with Gasteiger partial charge in [0.25, 0.3) is 5.91 Å². The first kappa shape index (κ1) is 17.8. The molecule has 0 aliphatic carbocycles. The first-order valence-electron chi connectivity index (χ1n) is 7.33. The summed E-state index contributed by atoms with van der Waals surface area (Å²) < 4.78 is 5.50. The van der Waals surface area contributed by atoms with Gasteiger partial charge in [0.1, 0.15) is 5.75 Å². The first-order valence-corrected chi connectivity index (χ1v) is 7.71. The summed E-state index contributed by atoms with van der Waals surface area (Å²) in [5.41, 5.74) is 0.923. The highest BCUT2D eigenvalue weighted by atomic mass is 35.5. The molecule has 1 N–H and O–H groups in total. The van der Waals surface area contributed by atoms with Crippen molar-refractivity contribution >= 4 is 17.5 Å². The molecular formula is C16H25ClN2O2. The van der Waals surface area contributed by atoms with E-state index in [2.05, 4.69) is 31.0 Å². The third-order valence-electron chi connectivity index (χ3n) is 3.35. The Labute approximate surface area is 132 Å². The van der Waals surface area contributed by atoms with Gasteiger partial charge in [-0.1, -0.05) is 18.5 Å². The predicted octanol–water partition coefficient (Wildman–Crippen LogP) is 2.87. The Balaban J connectivity index is 2.31. The van der Waals surface area contributed by atoms with Crippen molar-refractivity contribution in [2.75, 3.05) is 26.2 Å². The summed E-state index contributed by atoms with van der Waals surface area (Å²) in [4.78, 5) is 14.0. The molecule has 0 aromatic heterocycles. The lowest BCUT2D eigenvalue weighted by Gasteiger charge is -2.24. The monoisotopic (exact) mass is 312 g/mol. The Morgan fingerprint density at radius 1 is 1.43 bits per heavy atom. The molecule has 118 valence electrons. The highest BCUT2D eigenvalue weighted by molar-refractivity contribution is 6.30. The maximum absolute atomic E-state index is 11.8. The summed E-state index contributed by atoms with van der Waals surface area (Å²) in [5, 5.41) is 3.54. The molecule has 0 unspecified atom stereocenters. The van der Waals surface area contributed by atoms with E-state index in [-0.39, 0.29) is 12.5 Å². The van der Waals surface area contributed by atoms with Crippen LogP contribution in [-0.4, -0.2) is 43.1 Å². The Bertz CT molecular complexity index is 464. The van der Waals surface area contributed by atoms with E-state index in [1.54, 1.807) is 12.1 Å². The number of halogens is 1. The molecule has 0 saturated carbocycles. The molecule has 0 fully saturated rings. The van der Waals surface area contributed by atoms with E-state index in [1.165, 1.54) is 0 Å². The van der Waals surface area contributed by atoms with Gasteiger partial charge in [-0.15, -0.1) is 0 Å². The second-order valence-electron chi connectivity index (χ2n) is 5.27. The summed E-state index contributed by atoms with van der Waals surface area (Å²) in [5.74, 6) is 0.580. The second-order valence-corrected chi connectivity index (χ2v) is 5.71. The zero-order chi connectivity index (χ0) is 15.8. The molecule has 0 saturated heterocycles. The number of carbonyl (C=O) groups is 1. The molecule has 0 spiro atoms. The van der Waals surface area contributed by atoms with E-state index in [4.69, 9.17) is 16.3 Å². The Morgan fingerprint density at radius 3 is 2.71 bits per heavy atom. The zero-order valence-electron chi connectivity index (χ0n) is 13.3. The molecule has 0 heterocycles. The average Bonchev–Trinajstić information content (AvgIpc) is 2.42. The maximum atomic E-state index is 11.8. The highest BCUT2D eigenvalue weighted by Crippen LogP contribution is 2.21. The zero-order valence-corrected chi connectivity index (χ0v) is 14.0. The van der Waals surface area contributed by atoms with Crippen LogP contribution in [0, 0.1) is 6.92 Å². The largest absolute Gasteiger partial charge is 0.484 e. The van der Waals surface area contributed by atoms with Gasteiger partial charge in [-0.25, -0.2) is 0 Å². The standard InChI is InChI=1S/C16H25ClN2O2/c1-5-19(12(2)3)9-8-18-16(20)11-21-15-7-6-14(17)10-13(15)4/h6-7,10,12H,5,8-9,11H2,1-4H3,(H,18,20). The number of ether oxygens (including phenoxy) is 1. The van der Waals surface area contributed by atoms with Crippen LogP contribution in [0.4, 0.5) is 0 Å². The van der Waals surface area contributed by atoms with Gasteiger partial charge in [0.15, 0.2) is 6.61 Å². The molecule has 5 heteroatoms. The van der Waals surface area contributed by atoms with Crippen LogP contribution in [0.3, 0.4) is 0 Å². The maximum Gasteiger partial charge on any atom is 0.257 e. The van der Waals surface area contributed by atoms with Crippen molar-refractivity contribution in [1.29, 1.82) is 0 Å². The van der Waals surface area contributed by atoms with Crippen LogP contribution in [0.2, 0.25) is 5.02 Å². The molecule has 1 amide bonds. The van der Waals surface area contributed by atoms with Crippen LogP contribution < -0.4 is 10.1 Å². The Hall–Kier alpha value is -1.26. The third kappa shape index (κ3) is 6.36. The number of rotatable bonds is 8. The summed E-state index contributed by atoms with van der Waals surface area (Å²) in [6.45, 7) is 10.8. The third-order valence-corrected chi connectivity index (χ3v) is 3.59. The summed E-state index contributed by atoms with van der Waals surface area (Å²) in [6, 6.07) is 5.84. The van der Waals surface area contributed by atoms with Gasteiger partial charge >= 0.3 is 0 Å². The molecule has 0 bridgehead atoms. The van der Waals surface area contributed by atoms with Crippen molar-refractivity contribution in [2.24, 2.45) is 0 Å². The molecule has 0 atom stereocenters. The van der Waals surface area contributed by atoms with Crippen LogP contribution >= 0.6 is 11.6 Å². The fourth-order valence-corrected chi connectivity index (χ4v) is 2.32. The molecule has 0 aliphatic heterocycles. The van der Waals surface area contributed by atoms with Gasteiger partial charge < -0.3 is 10.1 Å².